The number of nitrogens with one attached hydrogen (secondary N) is 1. The van der Waals surface area contributed by atoms with Crippen LogP contribution in [0.25, 0.3) is 0 Å². The van der Waals surface area contributed by atoms with Crippen LogP contribution >= 0.6 is 15.9 Å². The fourth-order valence-corrected chi connectivity index (χ4v) is 3.17. The standard InChI is InChI=1S/C23H21BrN2O4/c1-28-21-11-10-16(13-22(21)29-2)14-25-26-23(27)19-8-3-4-9-20(19)30-15-17-6-5-7-18(24)12-17/h3-14H,15H2,1-2H3,(H,26,27)/b25-14-. The SMILES string of the molecule is COc1ccc(/C=N\NC(=O)c2ccccc2OCc2cccc(Br)c2)cc1OC. The number of amides is 1. The molecule has 3 rings (SSSR count). The van der Waals surface area contributed by atoms with E-state index in [2.05, 4.69) is 26.5 Å². The molecule has 7 heteroatoms. The Morgan fingerprint density at radius 3 is 2.53 bits per heavy atom. The zero-order valence-electron chi connectivity index (χ0n) is 16.6. The van der Waals surface area contributed by atoms with Crippen LogP contribution in [0.2, 0.25) is 0 Å². The second kappa shape index (κ2) is 10.5. The van der Waals surface area contributed by atoms with Crippen molar-refractivity contribution in [3.63, 3.8) is 0 Å². The zero-order chi connectivity index (χ0) is 21.3. The minimum Gasteiger partial charge on any atom is -0.493 e. The number of rotatable bonds is 8. The van der Waals surface area contributed by atoms with Crippen molar-refractivity contribution in [2.75, 3.05) is 14.2 Å². The van der Waals surface area contributed by atoms with E-state index < -0.39 is 0 Å². The van der Waals surface area contributed by atoms with Gasteiger partial charge in [-0.2, -0.15) is 5.10 Å². The first-order valence-corrected chi connectivity index (χ1v) is 9.91. The Bertz CT molecular complexity index is 1050. The molecule has 0 unspecified atom stereocenters. The number of halogens is 1. The number of para-hydroxylation sites is 1. The molecule has 3 aromatic carbocycles. The van der Waals surface area contributed by atoms with Gasteiger partial charge in [-0.1, -0.05) is 40.2 Å². The van der Waals surface area contributed by atoms with Crippen molar-refractivity contribution in [2.24, 2.45) is 5.10 Å². The Labute approximate surface area is 183 Å². The number of benzene rings is 3. The molecule has 0 fully saturated rings. The van der Waals surface area contributed by atoms with Crippen LogP contribution in [0.15, 0.2) is 76.3 Å². The van der Waals surface area contributed by atoms with Crippen molar-refractivity contribution in [2.45, 2.75) is 6.61 Å². The number of hydrogen-bond donors (Lipinski definition) is 1. The second-order valence-corrected chi connectivity index (χ2v) is 7.14. The van der Waals surface area contributed by atoms with Crippen molar-refractivity contribution >= 4 is 28.1 Å². The zero-order valence-corrected chi connectivity index (χ0v) is 18.2. The number of carbonyl (C=O) groups is 1. The molecule has 0 aliphatic carbocycles. The quantitative estimate of drug-likeness (QED) is 0.380. The highest BCUT2D eigenvalue weighted by molar-refractivity contribution is 9.10. The lowest BCUT2D eigenvalue weighted by Gasteiger charge is -2.11. The maximum atomic E-state index is 12.6. The molecule has 0 saturated carbocycles. The van der Waals surface area contributed by atoms with Crippen LogP contribution < -0.4 is 19.6 Å². The highest BCUT2D eigenvalue weighted by atomic mass is 79.9. The van der Waals surface area contributed by atoms with Gasteiger partial charge in [0.25, 0.3) is 5.91 Å². The van der Waals surface area contributed by atoms with Crippen LogP contribution in [0.4, 0.5) is 0 Å². The van der Waals surface area contributed by atoms with Gasteiger partial charge in [-0.3, -0.25) is 4.79 Å². The van der Waals surface area contributed by atoms with E-state index >= 15 is 0 Å². The molecule has 0 aliphatic rings. The number of hydrazone groups is 1. The topological polar surface area (TPSA) is 69.2 Å². The van der Waals surface area contributed by atoms with Crippen molar-refractivity contribution in [3.05, 3.63) is 87.9 Å². The van der Waals surface area contributed by atoms with Gasteiger partial charge in [0.05, 0.1) is 26.0 Å². The van der Waals surface area contributed by atoms with Crippen molar-refractivity contribution in [1.29, 1.82) is 0 Å². The molecule has 0 radical (unpaired) electrons. The maximum Gasteiger partial charge on any atom is 0.275 e. The molecule has 1 amide bonds. The van der Waals surface area contributed by atoms with Gasteiger partial charge in [-0.15, -0.1) is 0 Å². The summed E-state index contributed by atoms with van der Waals surface area (Å²) in [7, 11) is 3.13. The van der Waals surface area contributed by atoms with E-state index in [0.717, 1.165) is 15.6 Å². The molecule has 0 aromatic heterocycles. The van der Waals surface area contributed by atoms with Gasteiger partial charge in [-0.05, 0) is 53.6 Å². The first-order chi connectivity index (χ1) is 14.6. The van der Waals surface area contributed by atoms with Crippen molar-refractivity contribution in [1.82, 2.24) is 5.43 Å². The Kier molecular flexibility index (Phi) is 7.45. The Morgan fingerprint density at radius 2 is 1.77 bits per heavy atom. The molecule has 0 spiro atoms. The van der Waals surface area contributed by atoms with Crippen LogP contribution in [0, 0.1) is 0 Å². The summed E-state index contributed by atoms with van der Waals surface area (Å²) in [6.07, 6.45) is 1.53. The molecule has 30 heavy (non-hydrogen) atoms. The van der Waals surface area contributed by atoms with Crippen LogP contribution in [0.3, 0.4) is 0 Å². The molecule has 154 valence electrons. The normalized spacial score (nSPS) is 10.6. The number of nitrogens with zero attached hydrogens (tertiary/aromatic N) is 1. The third-order valence-electron chi connectivity index (χ3n) is 4.20. The van der Waals surface area contributed by atoms with Gasteiger partial charge in [-0.25, -0.2) is 5.43 Å². The lowest BCUT2D eigenvalue weighted by atomic mass is 10.2. The first kappa shape index (κ1) is 21.4. The number of carbonyl (C=O) groups excluding carboxylic acids is 1. The highest BCUT2D eigenvalue weighted by Crippen LogP contribution is 2.27. The summed E-state index contributed by atoms with van der Waals surface area (Å²) in [4.78, 5) is 12.6. The van der Waals surface area contributed by atoms with Gasteiger partial charge in [0.2, 0.25) is 0 Å². The molecule has 0 saturated heterocycles. The van der Waals surface area contributed by atoms with Gasteiger partial charge >= 0.3 is 0 Å². The number of ether oxygens (including phenoxy) is 3. The summed E-state index contributed by atoms with van der Waals surface area (Å²) in [6, 6.07) is 20.2. The van der Waals surface area contributed by atoms with E-state index in [1.165, 1.54) is 6.21 Å². The third kappa shape index (κ3) is 5.61. The smallest absolute Gasteiger partial charge is 0.275 e. The summed E-state index contributed by atoms with van der Waals surface area (Å²) in [5.74, 6) is 1.32. The second-order valence-electron chi connectivity index (χ2n) is 6.23. The molecule has 6 nitrogen and oxygen atoms in total. The summed E-state index contributed by atoms with van der Waals surface area (Å²) >= 11 is 3.44. The first-order valence-electron chi connectivity index (χ1n) is 9.12. The fourth-order valence-electron chi connectivity index (χ4n) is 2.73. The Morgan fingerprint density at radius 1 is 0.967 bits per heavy atom. The van der Waals surface area contributed by atoms with E-state index in [4.69, 9.17) is 14.2 Å². The summed E-state index contributed by atoms with van der Waals surface area (Å²) in [5.41, 5.74) is 4.68. The number of methoxy groups -OCH3 is 2. The predicted octanol–water partition coefficient (Wildman–Crippen LogP) is 4.81. The van der Waals surface area contributed by atoms with Gasteiger partial charge in [0, 0.05) is 4.47 Å². The highest BCUT2D eigenvalue weighted by Gasteiger charge is 2.12. The minimum atomic E-state index is -0.364. The van der Waals surface area contributed by atoms with Crippen molar-refractivity contribution in [3.8, 4) is 17.2 Å². The lowest BCUT2D eigenvalue weighted by Crippen LogP contribution is -2.18. The predicted molar refractivity (Wildman–Crippen MR) is 120 cm³/mol. The third-order valence-corrected chi connectivity index (χ3v) is 4.70. The molecule has 0 heterocycles. The van der Waals surface area contributed by atoms with E-state index in [1.54, 1.807) is 44.6 Å². The van der Waals surface area contributed by atoms with E-state index in [9.17, 15) is 4.79 Å². The summed E-state index contributed by atoms with van der Waals surface area (Å²) in [6.45, 7) is 0.346. The summed E-state index contributed by atoms with van der Waals surface area (Å²) < 4.78 is 17.3. The molecular formula is C23H21BrN2O4. The van der Waals surface area contributed by atoms with Crippen LogP contribution in [0.5, 0.6) is 17.2 Å². The molecule has 0 aliphatic heterocycles. The van der Waals surface area contributed by atoms with E-state index in [0.29, 0.717) is 29.4 Å². The minimum absolute atomic E-state index is 0.346. The molecule has 0 atom stereocenters. The average Bonchev–Trinajstić information content (AvgIpc) is 2.77. The molecule has 1 N–H and O–H groups in total. The monoisotopic (exact) mass is 468 g/mol. The Hall–Kier alpha value is -3.32. The summed E-state index contributed by atoms with van der Waals surface area (Å²) in [5, 5.41) is 4.04. The van der Waals surface area contributed by atoms with E-state index in [-0.39, 0.29) is 5.91 Å². The molecule has 0 bridgehead atoms. The maximum absolute atomic E-state index is 12.6. The Balaban J connectivity index is 1.66. The van der Waals surface area contributed by atoms with Gasteiger partial charge < -0.3 is 14.2 Å². The van der Waals surface area contributed by atoms with Crippen LogP contribution in [-0.2, 0) is 6.61 Å². The molecule has 3 aromatic rings. The van der Waals surface area contributed by atoms with Gasteiger partial charge in [0.15, 0.2) is 11.5 Å². The average molecular weight is 469 g/mol. The lowest BCUT2D eigenvalue weighted by molar-refractivity contribution is 0.0950. The van der Waals surface area contributed by atoms with E-state index in [1.807, 2.05) is 36.4 Å². The number of hydrogen-bond acceptors (Lipinski definition) is 5. The van der Waals surface area contributed by atoms with Crippen LogP contribution in [0.1, 0.15) is 21.5 Å². The largest absolute Gasteiger partial charge is 0.493 e. The van der Waals surface area contributed by atoms with Crippen molar-refractivity contribution < 1.29 is 19.0 Å². The molecular weight excluding hydrogens is 448 g/mol. The van der Waals surface area contributed by atoms with Gasteiger partial charge in [0.1, 0.15) is 12.4 Å². The fraction of sp³-hybridized carbons (Fsp3) is 0.130. The van der Waals surface area contributed by atoms with Crippen LogP contribution in [-0.4, -0.2) is 26.3 Å².